The highest BCUT2D eigenvalue weighted by Crippen LogP contribution is 2.22. The Bertz CT molecular complexity index is 566. The summed E-state index contributed by atoms with van der Waals surface area (Å²) in [6.45, 7) is 1.89. The van der Waals surface area contributed by atoms with Gasteiger partial charge in [-0.3, -0.25) is 0 Å². The predicted molar refractivity (Wildman–Crippen MR) is 67.8 cm³/mol. The van der Waals surface area contributed by atoms with Gasteiger partial charge in [-0.05, 0) is 25.1 Å². The normalized spacial score (nSPS) is 13.0. The van der Waals surface area contributed by atoms with Gasteiger partial charge in [-0.1, -0.05) is 11.6 Å². The molecule has 0 aromatic heterocycles. The van der Waals surface area contributed by atoms with Crippen molar-refractivity contribution in [3.05, 3.63) is 28.8 Å². The maximum Gasteiger partial charge on any atom is 0.242 e. The number of benzene rings is 1. The zero-order chi connectivity index (χ0) is 13.8. The fraction of sp³-hybridized carbons (Fsp3) is 0.364. The molecule has 0 bridgehead atoms. The SMILES string of the molecule is COC(C)CNS(=O)(=O)c1ccc(C#N)cc1Cl. The molecule has 0 spiro atoms. The fourth-order valence-corrected chi connectivity index (χ4v) is 2.83. The third-order valence-corrected chi connectivity index (χ3v) is 4.22. The first-order chi connectivity index (χ1) is 8.40. The molecule has 98 valence electrons. The summed E-state index contributed by atoms with van der Waals surface area (Å²) in [6.07, 6.45) is -0.239. The van der Waals surface area contributed by atoms with Crippen molar-refractivity contribution < 1.29 is 13.2 Å². The van der Waals surface area contributed by atoms with Crippen LogP contribution in [0.15, 0.2) is 23.1 Å². The molecule has 1 unspecified atom stereocenters. The Morgan fingerprint density at radius 3 is 2.72 bits per heavy atom. The van der Waals surface area contributed by atoms with E-state index in [2.05, 4.69) is 4.72 Å². The van der Waals surface area contributed by atoms with E-state index in [4.69, 9.17) is 21.6 Å². The summed E-state index contributed by atoms with van der Waals surface area (Å²) in [5.41, 5.74) is 0.309. The Morgan fingerprint density at radius 1 is 1.56 bits per heavy atom. The number of sulfonamides is 1. The number of nitriles is 1. The number of hydrogen-bond acceptors (Lipinski definition) is 4. The third-order valence-electron chi connectivity index (χ3n) is 2.31. The van der Waals surface area contributed by atoms with Crippen LogP contribution in [-0.2, 0) is 14.8 Å². The number of nitrogens with zero attached hydrogens (tertiary/aromatic N) is 1. The topological polar surface area (TPSA) is 79.2 Å². The van der Waals surface area contributed by atoms with Gasteiger partial charge in [0.15, 0.2) is 0 Å². The fourth-order valence-electron chi connectivity index (χ4n) is 1.18. The Balaban J connectivity index is 2.96. The van der Waals surface area contributed by atoms with Crippen LogP contribution in [0.3, 0.4) is 0 Å². The van der Waals surface area contributed by atoms with E-state index in [9.17, 15) is 8.42 Å². The van der Waals surface area contributed by atoms with E-state index in [0.29, 0.717) is 5.56 Å². The van der Waals surface area contributed by atoms with Crippen molar-refractivity contribution in [2.24, 2.45) is 0 Å². The monoisotopic (exact) mass is 288 g/mol. The molecule has 18 heavy (non-hydrogen) atoms. The van der Waals surface area contributed by atoms with Crippen LogP contribution in [0.4, 0.5) is 0 Å². The van der Waals surface area contributed by atoms with Crippen molar-refractivity contribution >= 4 is 21.6 Å². The van der Waals surface area contributed by atoms with Crippen molar-refractivity contribution in [1.29, 1.82) is 5.26 Å². The van der Waals surface area contributed by atoms with E-state index in [1.165, 1.54) is 25.3 Å². The highest BCUT2D eigenvalue weighted by molar-refractivity contribution is 7.89. The Morgan fingerprint density at radius 2 is 2.22 bits per heavy atom. The van der Waals surface area contributed by atoms with Gasteiger partial charge in [0.05, 0.1) is 22.8 Å². The maximum absolute atomic E-state index is 11.9. The van der Waals surface area contributed by atoms with Crippen LogP contribution < -0.4 is 4.72 Å². The highest BCUT2D eigenvalue weighted by Gasteiger charge is 2.18. The molecule has 0 saturated carbocycles. The Kier molecular flexibility index (Phi) is 5.11. The zero-order valence-corrected chi connectivity index (χ0v) is 11.5. The molecule has 0 amide bonds. The Labute approximate surface area is 111 Å². The summed E-state index contributed by atoms with van der Waals surface area (Å²) in [5, 5.41) is 8.69. The van der Waals surface area contributed by atoms with Gasteiger partial charge in [-0.25, -0.2) is 13.1 Å². The summed E-state index contributed by atoms with van der Waals surface area (Å²) in [7, 11) is -2.20. The second kappa shape index (κ2) is 6.16. The minimum Gasteiger partial charge on any atom is -0.380 e. The second-order valence-corrected chi connectivity index (χ2v) is 5.80. The zero-order valence-electron chi connectivity index (χ0n) is 9.97. The molecule has 0 heterocycles. The van der Waals surface area contributed by atoms with E-state index in [1.54, 1.807) is 6.92 Å². The highest BCUT2D eigenvalue weighted by atomic mass is 35.5. The second-order valence-electron chi connectivity index (χ2n) is 3.66. The van der Waals surface area contributed by atoms with Crippen LogP contribution in [0.2, 0.25) is 5.02 Å². The van der Waals surface area contributed by atoms with E-state index >= 15 is 0 Å². The molecule has 7 heteroatoms. The van der Waals surface area contributed by atoms with Crippen LogP contribution >= 0.6 is 11.6 Å². The molecule has 1 atom stereocenters. The first-order valence-corrected chi connectivity index (χ1v) is 6.99. The van der Waals surface area contributed by atoms with Crippen LogP contribution in [0.5, 0.6) is 0 Å². The summed E-state index contributed by atoms with van der Waals surface area (Å²) in [4.78, 5) is -0.0496. The number of ether oxygens (including phenoxy) is 1. The molecule has 1 rings (SSSR count). The molecule has 5 nitrogen and oxygen atoms in total. The molecule has 0 aliphatic carbocycles. The van der Waals surface area contributed by atoms with Gasteiger partial charge in [-0.15, -0.1) is 0 Å². The minimum atomic E-state index is -3.69. The van der Waals surface area contributed by atoms with Crippen molar-refractivity contribution in [2.75, 3.05) is 13.7 Å². The standard InChI is InChI=1S/C11H13ClN2O3S/c1-8(17-2)7-14-18(15,16)11-4-3-9(6-13)5-10(11)12/h3-5,8,14H,7H2,1-2H3. The van der Waals surface area contributed by atoms with Gasteiger partial charge in [-0.2, -0.15) is 5.26 Å². The molecular weight excluding hydrogens is 276 g/mol. The summed E-state index contributed by atoms with van der Waals surface area (Å²) in [6, 6.07) is 5.91. The number of nitrogens with one attached hydrogen (secondary N) is 1. The minimum absolute atomic E-state index is 0.0200. The summed E-state index contributed by atoms with van der Waals surface area (Å²) >= 11 is 5.84. The van der Waals surface area contributed by atoms with Crippen LogP contribution in [0.25, 0.3) is 0 Å². The van der Waals surface area contributed by atoms with Gasteiger partial charge in [0, 0.05) is 13.7 Å². The van der Waals surface area contributed by atoms with Gasteiger partial charge in [0.2, 0.25) is 10.0 Å². The molecule has 0 aliphatic heterocycles. The molecule has 0 fully saturated rings. The van der Waals surface area contributed by atoms with Gasteiger partial charge >= 0.3 is 0 Å². The average molecular weight is 289 g/mol. The molecule has 0 aliphatic rings. The first-order valence-electron chi connectivity index (χ1n) is 5.13. The van der Waals surface area contributed by atoms with E-state index in [-0.39, 0.29) is 22.6 Å². The number of halogens is 1. The van der Waals surface area contributed by atoms with Crippen molar-refractivity contribution in [2.45, 2.75) is 17.9 Å². The van der Waals surface area contributed by atoms with Gasteiger partial charge in [0.25, 0.3) is 0 Å². The van der Waals surface area contributed by atoms with Gasteiger partial charge in [0.1, 0.15) is 4.90 Å². The Hall–Kier alpha value is -1.13. The maximum atomic E-state index is 11.9. The largest absolute Gasteiger partial charge is 0.380 e. The molecule has 0 saturated heterocycles. The average Bonchev–Trinajstić information content (AvgIpc) is 2.35. The molecular formula is C11H13ClN2O3S. The van der Waals surface area contributed by atoms with Crippen LogP contribution in [0, 0.1) is 11.3 Å². The van der Waals surface area contributed by atoms with Gasteiger partial charge < -0.3 is 4.74 Å². The van der Waals surface area contributed by atoms with E-state index in [0.717, 1.165) is 0 Å². The molecule has 0 radical (unpaired) electrons. The predicted octanol–water partition coefficient (Wildman–Crippen LogP) is 1.52. The third kappa shape index (κ3) is 3.68. The molecule has 1 aromatic carbocycles. The lowest BCUT2D eigenvalue weighted by Crippen LogP contribution is -2.31. The van der Waals surface area contributed by atoms with E-state index in [1.807, 2.05) is 6.07 Å². The number of rotatable bonds is 5. The molecule has 1 N–H and O–H groups in total. The lowest BCUT2D eigenvalue weighted by Gasteiger charge is -2.12. The molecule has 1 aromatic rings. The van der Waals surface area contributed by atoms with Crippen LogP contribution in [0.1, 0.15) is 12.5 Å². The number of methoxy groups -OCH3 is 1. The first kappa shape index (κ1) is 14.9. The summed E-state index contributed by atoms with van der Waals surface area (Å²) < 4.78 is 31.2. The quantitative estimate of drug-likeness (QED) is 0.891. The lowest BCUT2D eigenvalue weighted by atomic mass is 10.2. The number of hydrogen-bond donors (Lipinski definition) is 1. The lowest BCUT2D eigenvalue weighted by molar-refractivity contribution is 0.122. The van der Waals surface area contributed by atoms with Crippen molar-refractivity contribution in [1.82, 2.24) is 4.72 Å². The van der Waals surface area contributed by atoms with Crippen molar-refractivity contribution in [3.8, 4) is 6.07 Å². The van der Waals surface area contributed by atoms with Crippen LogP contribution in [-0.4, -0.2) is 28.2 Å². The van der Waals surface area contributed by atoms with Crippen molar-refractivity contribution in [3.63, 3.8) is 0 Å². The smallest absolute Gasteiger partial charge is 0.242 e. The summed E-state index contributed by atoms with van der Waals surface area (Å²) in [5.74, 6) is 0. The van der Waals surface area contributed by atoms with E-state index < -0.39 is 10.0 Å².